The van der Waals surface area contributed by atoms with Gasteiger partial charge in [0.1, 0.15) is 0 Å². The lowest BCUT2D eigenvalue weighted by atomic mass is 9.49. The van der Waals surface area contributed by atoms with Gasteiger partial charge in [-0.2, -0.15) is 0 Å². The number of likely N-dealkylation sites (tertiary alicyclic amines) is 1. The molecule has 8 amide bonds. The monoisotopic (exact) mass is 1660 g/mol. The van der Waals surface area contributed by atoms with Gasteiger partial charge in [0.25, 0.3) is 11.8 Å². The van der Waals surface area contributed by atoms with Gasteiger partial charge in [0.2, 0.25) is 35.4 Å². The van der Waals surface area contributed by atoms with Crippen LogP contribution in [0.25, 0.3) is 0 Å². The van der Waals surface area contributed by atoms with Crippen molar-refractivity contribution in [2.24, 2.45) is 69.5 Å². The third kappa shape index (κ3) is 21.2. The molecule has 3 heterocycles. The number of hydrazine groups is 2. The molecule has 0 spiro atoms. The molecule has 0 radical (unpaired) electrons. The first kappa shape index (κ1) is 88.3. The molecule has 14 atom stereocenters. The smallest absolute Gasteiger partial charge is 0.269 e. The fourth-order valence-corrected chi connectivity index (χ4v) is 25.7. The van der Waals surface area contributed by atoms with Crippen LogP contribution < -0.4 is 37.7 Å². The molecule has 1 saturated heterocycles. The Morgan fingerprint density at radius 3 is 1.74 bits per heavy atom. The summed E-state index contributed by atoms with van der Waals surface area (Å²) in [5.74, 6) is 2.54. The lowest BCUT2D eigenvalue weighted by Gasteiger charge is -2.60. The van der Waals surface area contributed by atoms with Gasteiger partial charge in [-0.05, 0) is 231 Å². The highest BCUT2D eigenvalue weighted by molar-refractivity contribution is 8.77. The van der Waals surface area contributed by atoms with Crippen LogP contribution in [0.4, 0.5) is 5.69 Å². The van der Waals surface area contributed by atoms with E-state index < -0.39 is 11.8 Å². The molecule has 7 aliphatic carbocycles. The minimum atomic E-state index is -0.405. The molecule has 23 heteroatoms. The van der Waals surface area contributed by atoms with Gasteiger partial charge in [-0.15, -0.1) is 0 Å². The van der Waals surface area contributed by atoms with E-state index in [9.17, 15) is 43.2 Å². The molecule has 8 aliphatic rings. The molecule has 117 heavy (non-hydrogen) atoms. The number of pyridine rings is 2. The summed E-state index contributed by atoms with van der Waals surface area (Å²) < 4.78 is 0. The maximum absolute atomic E-state index is 14.8. The number of carbonyl (C=O) groups excluding carboxylic acids is 9. The SMILES string of the molecule is C=C1C=C2CCC3C4CCC(C(=O)NCCCNC(=O)Cc5ccccc5SSC(C)CCC(=O)NNC(=O)c5ccncc5)C4CCC3[C@@]2(C)CC1.CC(CCC(=O)NNC(=O)c1ccncc1)SSc1ccccc1CC(=O)N1CC2C3CCC(C(=O)Nc4cc(C(C)(C)C)ccc4C(C)(C)C)[C@@]3(C)CCC2[C@@]2(C)CCC(=O)C=C12. The number of benzene rings is 3. The van der Waals surface area contributed by atoms with Crippen molar-refractivity contribution in [3.05, 3.63) is 185 Å². The van der Waals surface area contributed by atoms with Gasteiger partial charge in [-0.3, -0.25) is 74.8 Å². The average molecular weight is 1660 g/mol. The highest BCUT2D eigenvalue weighted by Crippen LogP contribution is 2.67. The van der Waals surface area contributed by atoms with Crippen molar-refractivity contribution in [1.29, 1.82) is 0 Å². The fourth-order valence-electron chi connectivity index (χ4n) is 20.8. The van der Waals surface area contributed by atoms with Crippen molar-refractivity contribution in [1.82, 2.24) is 47.2 Å². The summed E-state index contributed by atoms with van der Waals surface area (Å²) in [6.07, 6.45) is 27.5. The van der Waals surface area contributed by atoms with E-state index in [1.165, 1.54) is 74.4 Å². The van der Waals surface area contributed by atoms with E-state index >= 15 is 0 Å². The van der Waals surface area contributed by atoms with Crippen molar-refractivity contribution in [2.75, 3.05) is 25.0 Å². The van der Waals surface area contributed by atoms with E-state index in [0.717, 1.165) is 94.6 Å². The Labute approximate surface area is 708 Å². The van der Waals surface area contributed by atoms with Crippen molar-refractivity contribution in [3.63, 3.8) is 0 Å². The third-order valence-corrected chi connectivity index (χ3v) is 33.4. The molecule has 5 saturated carbocycles. The largest absolute Gasteiger partial charge is 0.356 e. The van der Waals surface area contributed by atoms with Crippen molar-refractivity contribution < 1.29 is 43.2 Å². The summed E-state index contributed by atoms with van der Waals surface area (Å²) in [6, 6.07) is 28.8. The first-order chi connectivity index (χ1) is 55.8. The number of piperidine rings is 1. The van der Waals surface area contributed by atoms with E-state index in [1.54, 1.807) is 79.1 Å². The Bertz CT molecular complexity index is 4540. The van der Waals surface area contributed by atoms with E-state index in [-0.39, 0.29) is 123 Å². The second-order valence-corrected chi connectivity index (χ2v) is 42.3. The number of nitrogens with zero attached hydrogens (tertiary/aromatic N) is 3. The number of allylic oxidation sites excluding steroid dienone is 5. The molecule has 6 fully saturated rings. The van der Waals surface area contributed by atoms with E-state index in [0.29, 0.717) is 79.6 Å². The number of hydrogen-bond acceptors (Lipinski definition) is 15. The quantitative estimate of drug-likeness (QED) is 0.0163. The maximum Gasteiger partial charge on any atom is 0.269 e. The Morgan fingerprint density at radius 1 is 0.556 bits per heavy atom. The Morgan fingerprint density at radius 2 is 1.13 bits per heavy atom. The molecule has 0 bridgehead atoms. The molecule has 13 rings (SSSR count). The lowest BCUT2D eigenvalue weighted by Crippen LogP contribution is -2.59. The van der Waals surface area contributed by atoms with Crippen molar-refractivity contribution in [3.8, 4) is 0 Å². The van der Waals surface area contributed by atoms with Gasteiger partial charge < -0.3 is 20.9 Å². The van der Waals surface area contributed by atoms with Crippen molar-refractivity contribution >= 4 is 102 Å². The predicted molar refractivity (Wildman–Crippen MR) is 470 cm³/mol. The van der Waals surface area contributed by atoms with Gasteiger partial charge in [0.05, 0.1) is 12.8 Å². The molecule has 11 unspecified atom stereocenters. The second kappa shape index (κ2) is 38.6. The number of anilines is 1. The molecular formula is C94H122N10O9S4. The molecule has 7 N–H and O–H groups in total. The average Bonchev–Trinajstić information content (AvgIpc) is 1.68. The number of rotatable bonds is 25. The third-order valence-electron chi connectivity index (χ3n) is 27.3. The van der Waals surface area contributed by atoms with Crippen LogP contribution in [-0.2, 0) is 57.2 Å². The number of hydrogen-bond donors (Lipinski definition) is 7. The normalized spacial score (nSPS) is 26.2. The molecule has 5 aromatic rings. The van der Waals surface area contributed by atoms with Crippen molar-refractivity contribution in [2.45, 2.75) is 242 Å². The van der Waals surface area contributed by atoms with E-state index in [4.69, 9.17) is 0 Å². The molecule has 1 aliphatic heterocycles. The summed E-state index contributed by atoms with van der Waals surface area (Å²) in [7, 11) is 6.51. The van der Waals surface area contributed by atoms with Crippen LogP contribution in [-0.4, -0.2) is 98.0 Å². The Hall–Kier alpha value is -7.99. The zero-order valence-corrected chi connectivity index (χ0v) is 73.6. The molecule has 19 nitrogen and oxygen atoms in total. The molecular weight excluding hydrogens is 1540 g/mol. The number of aromatic nitrogens is 2. The van der Waals surface area contributed by atoms with Gasteiger partial charge in [0, 0.05) is 130 Å². The first-order valence-electron chi connectivity index (χ1n) is 42.6. The standard InChI is InChI=1S/C52H67N5O5S2.C42H55N5O4S2/c1-32(14-19-45(59)55-56-47(61)33-22-26-53-27-23-33)63-64-43-13-11-10-12-34(43)28-46(60)57-31-37-38-17-18-41(51(38,8)25-21-39(37)52(9)24-20-36(58)30-44(52)57)48(62)54-42-29-35(49(2,3)4)15-16-40(42)50(5,6)7;1-27-17-20-42(3)31(25-27)10-11-34-32-12-13-35(33(32)14-15-36(34)42)41(51)45-22-6-21-44-39(49)26-30-7-4-5-8-37(30)53-52-28(2)9-16-38(48)46-47-40(50)29-18-23-43-24-19-29/h10-13,15-16,22-23,26-27,29-30,32,37-39,41H,14,17-21,24-25,28,31H2,1-9H3,(H,54,62)(H,55,59)(H,56,61);4-5,7-8,18-19,23-25,28,32-36H,1,6,9-17,20-22,26H2,2-3H3,(H,44,49)(H,45,51)(H,46,48)(H,47,50)/t32?,37?,38?,39?,41?,51-,52+;28?,32?,33?,34?,35?,36?,42-/m00/s1. The fraction of sp³-hybridized carbons (Fsp3) is 0.543. The predicted octanol–water partition coefficient (Wildman–Crippen LogP) is 17.7. The van der Waals surface area contributed by atoms with Crippen LogP contribution >= 0.6 is 43.2 Å². The van der Waals surface area contributed by atoms with Crippen LogP contribution in [0.2, 0.25) is 0 Å². The van der Waals surface area contributed by atoms with E-state index in [1.807, 2.05) is 53.4 Å². The van der Waals surface area contributed by atoms with Gasteiger partial charge in [-0.25, -0.2) is 0 Å². The van der Waals surface area contributed by atoms with Gasteiger partial charge in [-0.1, -0.05) is 192 Å². The number of fused-ring (bicyclic) bond motifs is 10. The summed E-state index contributed by atoms with van der Waals surface area (Å²) in [4.78, 5) is 130. The highest BCUT2D eigenvalue weighted by Gasteiger charge is 2.63. The summed E-state index contributed by atoms with van der Waals surface area (Å²) >= 11 is 0. The van der Waals surface area contributed by atoms with Gasteiger partial charge in [0.15, 0.2) is 5.78 Å². The zero-order chi connectivity index (χ0) is 83.6. The first-order valence-corrected chi connectivity index (χ1v) is 47.0. The maximum atomic E-state index is 14.8. The van der Waals surface area contributed by atoms with Crippen LogP contribution in [0, 0.1) is 69.5 Å². The Balaban J connectivity index is 0.000000219. The van der Waals surface area contributed by atoms with Crippen LogP contribution in [0.3, 0.4) is 0 Å². The van der Waals surface area contributed by atoms with E-state index in [2.05, 4.69) is 155 Å². The van der Waals surface area contributed by atoms with Crippen LogP contribution in [0.1, 0.15) is 241 Å². The topological polar surface area (TPSA) is 267 Å². The van der Waals surface area contributed by atoms with Crippen LogP contribution in [0.5, 0.6) is 0 Å². The summed E-state index contributed by atoms with van der Waals surface area (Å²) in [6.45, 7) is 30.4. The lowest BCUT2D eigenvalue weighted by molar-refractivity contribution is -0.142. The zero-order valence-electron chi connectivity index (χ0n) is 70.3. The molecule has 626 valence electrons. The minimum Gasteiger partial charge on any atom is -0.356 e. The number of ketones is 1. The highest BCUT2D eigenvalue weighted by atomic mass is 33.1. The minimum absolute atomic E-state index is 0.00443. The second-order valence-electron chi connectivity index (χ2n) is 37.0. The summed E-state index contributed by atoms with van der Waals surface area (Å²) in [5.41, 5.74) is 19.2. The number of carbonyl (C=O) groups is 9. The van der Waals surface area contributed by atoms with Gasteiger partial charge >= 0.3 is 0 Å². The number of nitrogens with one attached hydrogen (secondary N) is 7. The Kier molecular flexibility index (Phi) is 29.1. The molecule has 2 aromatic heterocycles. The number of amides is 8. The molecule has 3 aromatic carbocycles. The summed E-state index contributed by atoms with van der Waals surface area (Å²) in [5, 5.41) is 10.0. The van der Waals surface area contributed by atoms with Crippen LogP contribution in [0.15, 0.2) is 161 Å².